The Morgan fingerprint density at radius 2 is 1.63 bits per heavy atom. The lowest BCUT2D eigenvalue weighted by Gasteiger charge is -2.01. The van der Waals surface area contributed by atoms with E-state index < -0.39 is 0 Å². The van der Waals surface area contributed by atoms with Crippen molar-refractivity contribution in [3.63, 3.8) is 0 Å². The minimum atomic E-state index is 0.940. The van der Waals surface area contributed by atoms with Crippen molar-refractivity contribution in [2.24, 2.45) is 4.99 Å². The van der Waals surface area contributed by atoms with Crippen LogP contribution in [-0.2, 0) is 0 Å². The van der Waals surface area contributed by atoms with Gasteiger partial charge in [0.1, 0.15) is 0 Å². The summed E-state index contributed by atoms with van der Waals surface area (Å²) < 4.78 is 0. The lowest BCUT2D eigenvalue weighted by molar-refractivity contribution is 0.558. The Kier molecular flexibility index (Phi) is 10.0. The van der Waals surface area contributed by atoms with E-state index in [1.54, 1.807) is 12.5 Å². The second-order valence-electron chi connectivity index (χ2n) is 5.22. The van der Waals surface area contributed by atoms with Gasteiger partial charge in [-0.25, -0.2) is 4.98 Å². The van der Waals surface area contributed by atoms with Crippen LogP contribution in [0.25, 0.3) is 0 Å². The molecular formula is C16H29N3. The minimum Gasteiger partial charge on any atom is -0.344 e. The van der Waals surface area contributed by atoms with Crippen molar-refractivity contribution in [2.45, 2.75) is 71.1 Å². The van der Waals surface area contributed by atoms with E-state index in [9.17, 15) is 0 Å². The predicted octanol–water partition coefficient (Wildman–Crippen LogP) is 4.75. The fourth-order valence-corrected chi connectivity index (χ4v) is 2.19. The van der Waals surface area contributed by atoms with E-state index in [4.69, 9.17) is 0 Å². The van der Waals surface area contributed by atoms with Crippen LogP contribution in [0.15, 0.2) is 17.5 Å². The standard InChI is InChI=1S/C16H29N3/c1-2-3-4-5-6-7-8-9-10-11-12-17-13-16-14-18-15-19-16/h13-15H,2-12H2,1H3,(H,18,19). The van der Waals surface area contributed by atoms with Crippen LogP contribution in [0.1, 0.15) is 76.8 Å². The zero-order valence-electron chi connectivity index (χ0n) is 12.4. The number of aliphatic imine (C=N–C) groups is 1. The first-order chi connectivity index (χ1) is 9.43. The summed E-state index contributed by atoms with van der Waals surface area (Å²) in [4.78, 5) is 11.4. The summed E-state index contributed by atoms with van der Waals surface area (Å²) in [6.07, 6.45) is 19.1. The van der Waals surface area contributed by atoms with Crippen molar-refractivity contribution in [2.75, 3.05) is 6.54 Å². The molecule has 108 valence electrons. The third-order valence-corrected chi connectivity index (χ3v) is 3.39. The highest BCUT2D eigenvalue weighted by atomic mass is 14.9. The first-order valence-electron chi connectivity index (χ1n) is 7.91. The molecule has 0 saturated carbocycles. The molecule has 0 aliphatic heterocycles. The number of aromatic nitrogens is 2. The molecular weight excluding hydrogens is 234 g/mol. The molecule has 0 bridgehead atoms. The van der Waals surface area contributed by atoms with E-state index in [-0.39, 0.29) is 0 Å². The molecule has 0 aliphatic carbocycles. The van der Waals surface area contributed by atoms with Gasteiger partial charge >= 0.3 is 0 Å². The fraction of sp³-hybridized carbons (Fsp3) is 0.750. The van der Waals surface area contributed by atoms with Gasteiger partial charge in [-0.05, 0) is 6.42 Å². The lowest BCUT2D eigenvalue weighted by Crippen LogP contribution is -1.86. The van der Waals surface area contributed by atoms with Gasteiger partial charge in [0.25, 0.3) is 0 Å². The van der Waals surface area contributed by atoms with E-state index >= 15 is 0 Å². The Hall–Kier alpha value is -1.12. The van der Waals surface area contributed by atoms with Gasteiger partial charge in [-0.1, -0.05) is 64.7 Å². The molecule has 0 saturated heterocycles. The van der Waals surface area contributed by atoms with E-state index in [0.29, 0.717) is 0 Å². The van der Waals surface area contributed by atoms with E-state index in [1.165, 1.54) is 64.2 Å². The maximum Gasteiger partial charge on any atom is 0.0924 e. The number of hydrogen-bond acceptors (Lipinski definition) is 2. The van der Waals surface area contributed by atoms with Gasteiger partial charge in [0.2, 0.25) is 0 Å². The second-order valence-corrected chi connectivity index (χ2v) is 5.22. The molecule has 0 aliphatic rings. The number of aromatic amines is 1. The maximum absolute atomic E-state index is 4.39. The zero-order chi connectivity index (χ0) is 13.6. The quantitative estimate of drug-likeness (QED) is 0.429. The van der Waals surface area contributed by atoms with Gasteiger partial charge in [0.05, 0.1) is 18.2 Å². The van der Waals surface area contributed by atoms with Crippen LogP contribution in [-0.4, -0.2) is 22.7 Å². The minimum absolute atomic E-state index is 0.940. The molecule has 0 radical (unpaired) electrons. The summed E-state index contributed by atoms with van der Waals surface area (Å²) in [6.45, 7) is 3.21. The molecule has 0 amide bonds. The topological polar surface area (TPSA) is 41.0 Å². The van der Waals surface area contributed by atoms with Crippen molar-refractivity contribution in [3.05, 3.63) is 18.2 Å². The van der Waals surface area contributed by atoms with Crippen LogP contribution in [0, 0.1) is 0 Å². The summed E-state index contributed by atoms with van der Waals surface area (Å²) in [7, 11) is 0. The monoisotopic (exact) mass is 263 g/mol. The zero-order valence-corrected chi connectivity index (χ0v) is 12.4. The number of rotatable bonds is 12. The molecule has 19 heavy (non-hydrogen) atoms. The SMILES string of the molecule is CCCCCCCCCCCCN=Cc1cnc[nH]1. The first kappa shape index (κ1) is 15.9. The summed E-state index contributed by atoms with van der Waals surface area (Å²) in [5.41, 5.74) is 0.993. The predicted molar refractivity (Wildman–Crippen MR) is 82.9 cm³/mol. The first-order valence-corrected chi connectivity index (χ1v) is 7.91. The third kappa shape index (κ3) is 9.46. The molecule has 1 rings (SSSR count). The van der Waals surface area contributed by atoms with Crippen molar-refractivity contribution in [1.29, 1.82) is 0 Å². The number of imidazole rings is 1. The summed E-state index contributed by atoms with van der Waals surface area (Å²) in [5.74, 6) is 0. The van der Waals surface area contributed by atoms with Gasteiger partial charge in [-0.15, -0.1) is 0 Å². The Bertz CT molecular complexity index is 304. The van der Waals surface area contributed by atoms with Crippen LogP contribution in [0.2, 0.25) is 0 Å². The molecule has 1 aromatic rings. The van der Waals surface area contributed by atoms with Gasteiger partial charge in [0, 0.05) is 12.8 Å². The largest absolute Gasteiger partial charge is 0.344 e. The molecule has 0 fully saturated rings. The highest BCUT2D eigenvalue weighted by Gasteiger charge is 1.92. The summed E-state index contributed by atoms with van der Waals surface area (Å²) in [5, 5.41) is 0. The van der Waals surface area contributed by atoms with Gasteiger partial charge < -0.3 is 4.98 Å². The molecule has 0 spiro atoms. The van der Waals surface area contributed by atoms with Crippen LogP contribution < -0.4 is 0 Å². The average molecular weight is 263 g/mol. The lowest BCUT2D eigenvalue weighted by atomic mass is 10.1. The van der Waals surface area contributed by atoms with E-state index in [1.807, 2.05) is 6.21 Å². The smallest absolute Gasteiger partial charge is 0.0924 e. The summed E-state index contributed by atoms with van der Waals surface area (Å²) in [6, 6.07) is 0. The highest BCUT2D eigenvalue weighted by molar-refractivity contribution is 5.76. The van der Waals surface area contributed by atoms with E-state index in [2.05, 4.69) is 21.9 Å². The summed E-state index contributed by atoms with van der Waals surface area (Å²) >= 11 is 0. The molecule has 1 heterocycles. The molecule has 3 nitrogen and oxygen atoms in total. The molecule has 1 N–H and O–H groups in total. The second kappa shape index (κ2) is 11.9. The molecule has 1 aromatic heterocycles. The molecule has 0 aromatic carbocycles. The Morgan fingerprint density at radius 3 is 2.21 bits per heavy atom. The van der Waals surface area contributed by atoms with Gasteiger partial charge in [0.15, 0.2) is 0 Å². The fourth-order valence-electron chi connectivity index (χ4n) is 2.19. The maximum atomic E-state index is 4.39. The van der Waals surface area contributed by atoms with Gasteiger partial charge in [-0.3, -0.25) is 4.99 Å². The molecule has 0 unspecified atom stereocenters. The van der Waals surface area contributed by atoms with Gasteiger partial charge in [-0.2, -0.15) is 0 Å². The average Bonchev–Trinajstić information content (AvgIpc) is 2.93. The number of nitrogens with one attached hydrogen (secondary N) is 1. The highest BCUT2D eigenvalue weighted by Crippen LogP contribution is 2.10. The van der Waals surface area contributed by atoms with Crippen LogP contribution in [0.5, 0.6) is 0 Å². The number of unbranched alkanes of at least 4 members (excludes halogenated alkanes) is 9. The normalized spacial score (nSPS) is 11.4. The molecule has 0 atom stereocenters. The number of nitrogens with zero attached hydrogens (tertiary/aromatic N) is 2. The third-order valence-electron chi connectivity index (χ3n) is 3.39. The van der Waals surface area contributed by atoms with Crippen molar-refractivity contribution >= 4 is 6.21 Å². The Balaban J connectivity index is 1.79. The van der Waals surface area contributed by atoms with Crippen LogP contribution in [0.4, 0.5) is 0 Å². The Labute approximate surface area is 117 Å². The number of hydrogen-bond donors (Lipinski definition) is 1. The van der Waals surface area contributed by atoms with Crippen molar-refractivity contribution < 1.29 is 0 Å². The van der Waals surface area contributed by atoms with E-state index in [0.717, 1.165) is 12.2 Å². The van der Waals surface area contributed by atoms with Crippen LogP contribution >= 0.6 is 0 Å². The van der Waals surface area contributed by atoms with Crippen molar-refractivity contribution in [1.82, 2.24) is 9.97 Å². The Morgan fingerprint density at radius 1 is 1.00 bits per heavy atom. The molecule has 3 heteroatoms. The van der Waals surface area contributed by atoms with Crippen LogP contribution in [0.3, 0.4) is 0 Å². The van der Waals surface area contributed by atoms with Crippen molar-refractivity contribution in [3.8, 4) is 0 Å². The number of H-pyrrole nitrogens is 1.